The second-order valence-corrected chi connectivity index (χ2v) is 4.03. The third-order valence-electron chi connectivity index (χ3n) is 2.21. The Kier molecular flexibility index (Phi) is 4.29. The van der Waals surface area contributed by atoms with Crippen LogP contribution in [0.3, 0.4) is 0 Å². The van der Waals surface area contributed by atoms with Gasteiger partial charge in [0.2, 0.25) is 0 Å². The minimum atomic E-state index is 0.140. The van der Waals surface area contributed by atoms with Gasteiger partial charge in [-0.1, -0.05) is 19.9 Å². The number of anilines is 1. The van der Waals surface area contributed by atoms with Crippen LogP contribution in [0.25, 0.3) is 0 Å². The second kappa shape index (κ2) is 5.71. The summed E-state index contributed by atoms with van der Waals surface area (Å²) in [4.78, 5) is 0. The van der Waals surface area contributed by atoms with Crippen molar-refractivity contribution in [1.82, 2.24) is 0 Å². The first-order chi connectivity index (χ1) is 8.02. The van der Waals surface area contributed by atoms with E-state index >= 15 is 0 Å². The Balaban J connectivity index is 2.78. The molecule has 0 saturated heterocycles. The maximum absolute atomic E-state index is 8.76. The number of benzene rings is 1. The Morgan fingerprint density at radius 3 is 2.82 bits per heavy atom. The highest BCUT2D eigenvalue weighted by molar-refractivity contribution is 5.94. The molecule has 0 bridgehead atoms. The molecule has 0 atom stereocenters. The zero-order valence-corrected chi connectivity index (χ0v) is 9.99. The number of rotatable bonds is 4. The molecule has 4 heteroatoms. The van der Waals surface area contributed by atoms with Crippen LogP contribution < -0.4 is 11.1 Å². The number of nitrogens with zero attached hydrogens (tertiary/aromatic N) is 1. The number of nitrogens with one attached hydrogen (secondary N) is 2. The highest BCUT2D eigenvalue weighted by Gasteiger charge is 2.01. The molecule has 1 aromatic carbocycles. The van der Waals surface area contributed by atoms with Crippen molar-refractivity contribution < 1.29 is 0 Å². The molecule has 0 aliphatic heterocycles. The second-order valence-electron chi connectivity index (χ2n) is 4.03. The molecule has 1 aromatic rings. The summed E-state index contributed by atoms with van der Waals surface area (Å²) in [6.07, 6.45) is 1.59. The van der Waals surface area contributed by atoms with E-state index in [2.05, 4.69) is 11.4 Å². The van der Waals surface area contributed by atoms with Crippen molar-refractivity contribution in [2.24, 2.45) is 11.7 Å². The van der Waals surface area contributed by atoms with Gasteiger partial charge < -0.3 is 16.5 Å². The lowest BCUT2D eigenvalue weighted by molar-refractivity contribution is 0.881. The SMILES string of the molecule is CC(C)C(=N)/C=C(/N)Nc1cccc(C#N)c1. The van der Waals surface area contributed by atoms with E-state index < -0.39 is 0 Å². The fourth-order valence-corrected chi connectivity index (χ4v) is 1.20. The number of hydrogen-bond donors (Lipinski definition) is 3. The summed E-state index contributed by atoms with van der Waals surface area (Å²) in [6, 6.07) is 9.09. The van der Waals surface area contributed by atoms with Crippen LogP contribution in [0.4, 0.5) is 5.69 Å². The van der Waals surface area contributed by atoms with Gasteiger partial charge in [0.05, 0.1) is 11.6 Å². The molecule has 1 rings (SSSR count). The molecule has 88 valence electrons. The van der Waals surface area contributed by atoms with Gasteiger partial charge in [-0.3, -0.25) is 0 Å². The maximum Gasteiger partial charge on any atom is 0.102 e. The van der Waals surface area contributed by atoms with Crippen molar-refractivity contribution in [2.75, 3.05) is 5.32 Å². The smallest absolute Gasteiger partial charge is 0.102 e. The Bertz CT molecular complexity index is 480. The maximum atomic E-state index is 8.76. The molecule has 17 heavy (non-hydrogen) atoms. The van der Waals surface area contributed by atoms with E-state index in [9.17, 15) is 0 Å². The van der Waals surface area contributed by atoms with Crippen molar-refractivity contribution in [3.8, 4) is 6.07 Å². The van der Waals surface area contributed by atoms with Crippen LogP contribution >= 0.6 is 0 Å². The normalized spacial score (nSPS) is 11.1. The first-order valence-electron chi connectivity index (χ1n) is 5.35. The van der Waals surface area contributed by atoms with E-state index in [4.69, 9.17) is 16.4 Å². The van der Waals surface area contributed by atoms with Crippen molar-refractivity contribution >= 4 is 11.4 Å². The molecule has 0 spiro atoms. The minimum absolute atomic E-state index is 0.140. The van der Waals surface area contributed by atoms with Gasteiger partial charge in [-0.25, -0.2) is 0 Å². The highest BCUT2D eigenvalue weighted by atomic mass is 15.0. The van der Waals surface area contributed by atoms with E-state index in [0.29, 0.717) is 17.1 Å². The average molecular weight is 228 g/mol. The predicted molar refractivity (Wildman–Crippen MR) is 69.6 cm³/mol. The van der Waals surface area contributed by atoms with Crippen LogP contribution in [0.5, 0.6) is 0 Å². The van der Waals surface area contributed by atoms with Crippen LogP contribution in [0, 0.1) is 22.7 Å². The molecular formula is C13H16N4. The third-order valence-corrected chi connectivity index (χ3v) is 2.21. The van der Waals surface area contributed by atoms with Gasteiger partial charge in [-0.05, 0) is 30.2 Å². The van der Waals surface area contributed by atoms with Crippen molar-refractivity contribution in [1.29, 1.82) is 10.7 Å². The highest BCUT2D eigenvalue weighted by Crippen LogP contribution is 2.11. The molecule has 0 radical (unpaired) electrons. The van der Waals surface area contributed by atoms with Crippen molar-refractivity contribution in [3.63, 3.8) is 0 Å². The van der Waals surface area contributed by atoms with Crippen molar-refractivity contribution in [3.05, 3.63) is 41.7 Å². The van der Waals surface area contributed by atoms with Crippen LogP contribution in [-0.4, -0.2) is 5.71 Å². The molecule has 4 nitrogen and oxygen atoms in total. The lowest BCUT2D eigenvalue weighted by Gasteiger charge is -2.08. The van der Waals surface area contributed by atoms with Crippen molar-refractivity contribution in [2.45, 2.75) is 13.8 Å². The Labute approximate surface area is 101 Å². The minimum Gasteiger partial charge on any atom is -0.385 e. The average Bonchev–Trinajstić information content (AvgIpc) is 2.28. The summed E-state index contributed by atoms with van der Waals surface area (Å²) in [5.41, 5.74) is 7.54. The summed E-state index contributed by atoms with van der Waals surface area (Å²) >= 11 is 0. The number of allylic oxidation sites excluding steroid dienone is 1. The lowest BCUT2D eigenvalue weighted by atomic mass is 10.1. The van der Waals surface area contributed by atoms with Gasteiger partial charge in [0, 0.05) is 11.4 Å². The summed E-state index contributed by atoms with van der Waals surface area (Å²) in [6.45, 7) is 3.87. The molecule has 0 unspecified atom stereocenters. The molecule has 0 aliphatic carbocycles. The van der Waals surface area contributed by atoms with E-state index in [1.165, 1.54) is 0 Å². The first-order valence-corrected chi connectivity index (χ1v) is 5.35. The molecule has 0 saturated carbocycles. The van der Waals surface area contributed by atoms with Crippen LogP contribution in [0.1, 0.15) is 19.4 Å². The predicted octanol–water partition coefficient (Wildman–Crippen LogP) is 2.45. The number of nitriles is 1. The molecule has 0 heterocycles. The number of hydrogen-bond acceptors (Lipinski definition) is 4. The zero-order valence-electron chi connectivity index (χ0n) is 9.99. The van der Waals surface area contributed by atoms with E-state index in [1.807, 2.05) is 19.9 Å². The Morgan fingerprint density at radius 2 is 2.24 bits per heavy atom. The largest absolute Gasteiger partial charge is 0.385 e. The molecular weight excluding hydrogens is 212 g/mol. The Hall–Kier alpha value is -2.28. The van der Waals surface area contributed by atoms with Gasteiger partial charge in [-0.15, -0.1) is 0 Å². The third kappa shape index (κ3) is 3.99. The Morgan fingerprint density at radius 1 is 1.53 bits per heavy atom. The summed E-state index contributed by atoms with van der Waals surface area (Å²) in [7, 11) is 0. The van der Waals surface area contributed by atoms with Gasteiger partial charge in [0.1, 0.15) is 5.82 Å². The van der Waals surface area contributed by atoms with Crippen LogP contribution in [0.2, 0.25) is 0 Å². The van der Waals surface area contributed by atoms with Gasteiger partial charge in [0.25, 0.3) is 0 Å². The summed E-state index contributed by atoms with van der Waals surface area (Å²) < 4.78 is 0. The molecule has 0 aliphatic rings. The lowest BCUT2D eigenvalue weighted by Crippen LogP contribution is -2.13. The molecule has 0 amide bonds. The van der Waals surface area contributed by atoms with Gasteiger partial charge >= 0.3 is 0 Å². The molecule has 4 N–H and O–H groups in total. The number of nitrogens with two attached hydrogens (primary N) is 1. The standard InChI is InChI=1S/C13H16N4/c1-9(2)12(15)7-13(16)17-11-5-3-4-10(6-11)8-14/h3-7,9,15,17H,16H2,1-2H3/b13-7-,15-12?. The fraction of sp³-hybridized carbons (Fsp3) is 0.231. The van der Waals surface area contributed by atoms with E-state index in [-0.39, 0.29) is 5.92 Å². The summed E-state index contributed by atoms with van der Waals surface area (Å²) in [5.74, 6) is 0.541. The zero-order chi connectivity index (χ0) is 12.8. The van der Waals surface area contributed by atoms with Gasteiger partial charge in [-0.2, -0.15) is 5.26 Å². The molecule has 0 fully saturated rings. The topological polar surface area (TPSA) is 85.7 Å². The van der Waals surface area contributed by atoms with Crippen LogP contribution in [-0.2, 0) is 0 Å². The summed E-state index contributed by atoms with van der Waals surface area (Å²) in [5, 5.41) is 19.4. The van der Waals surface area contributed by atoms with Gasteiger partial charge in [0.15, 0.2) is 0 Å². The monoisotopic (exact) mass is 228 g/mol. The van der Waals surface area contributed by atoms with E-state index in [1.54, 1.807) is 24.3 Å². The fourth-order valence-electron chi connectivity index (χ4n) is 1.20. The molecule has 0 aromatic heterocycles. The van der Waals surface area contributed by atoms with Crippen LogP contribution in [0.15, 0.2) is 36.2 Å². The first kappa shape index (κ1) is 12.8. The quantitative estimate of drug-likeness (QED) is 0.692. The van der Waals surface area contributed by atoms with E-state index in [0.717, 1.165) is 5.69 Å².